The average Bonchev–Trinajstić information content (AvgIpc) is 2.45. The number of hydrogen-bond donors (Lipinski definition) is 2. The van der Waals surface area contributed by atoms with E-state index in [2.05, 4.69) is 5.32 Å². The van der Waals surface area contributed by atoms with Crippen LogP contribution >= 0.6 is 11.6 Å². The van der Waals surface area contributed by atoms with E-state index < -0.39 is 11.7 Å². The van der Waals surface area contributed by atoms with Crippen LogP contribution in [0.5, 0.6) is 0 Å². The molecule has 0 unspecified atom stereocenters. The molecule has 0 radical (unpaired) electrons. The first-order valence-electron chi connectivity index (χ1n) is 7.07. The fraction of sp³-hybridized carbons (Fsp3) is 0.600. The number of anilines is 1. The van der Waals surface area contributed by atoms with Gasteiger partial charge in [-0.05, 0) is 31.0 Å². The molecule has 1 fully saturated rings. The fourth-order valence-electron chi connectivity index (χ4n) is 2.84. The standard InChI is InChI=1S/C15H19ClF3NO/c16-12-6-11(15(17,18)19)7-13(8-12)20-9-14(10-21)4-2-1-3-5-14/h6-8,20-21H,1-5,9-10H2. The molecule has 1 aromatic carbocycles. The smallest absolute Gasteiger partial charge is 0.396 e. The van der Waals surface area contributed by atoms with E-state index >= 15 is 0 Å². The molecule has 0 aliphatic heterocycles. The molecule has 21 heavy (non-hydrogen) atoms. The minimum absolute atomic E-state index is 0.0483. The zero-order valence-corrected chi connectivity index (χ0v) is 12.4. The van der Waals surface area contributed by atoms with Crippen LogP contribution in [0.2, 0.25) is 5.02 Å². The molecule has 0 bridgehead atoms. The Balaban J connectivity index is 2.10. The van der Waals surface area contributed by atoms with Crippen molar-refractivity contribution in [1.29, 1.82) is 0 Å². The number of nitrogens with one attached hydrogen (secondary N) is 1. The van der Waals surface area contributed by atoms with E-state index in [1.54, 1.807) is 0 Å². The van der Waals surface area contributed by atoms with E-state index in [4.69, 9.17) is 11.6 Å². The number of alkyl halides is 3. The predicted molar refractivity (Wildman–Crippen MR) is 77.5 cm³/mol. The largest absolute Gasteiger partial charge is 0.416 e. The number of aliphatic hydroxyl groups is 1. The molecule has 0 saturated heterocycles. The lowest BCUT2D eigenvalue weighted by Crippen LogP contribution is -2.35. The van der Waals surface area contributed by atoms with Crippen molar-refractivity contribution in [3.8, 4) is 0 Å². The van der Waals surface area contributed by atoms with Gasteiger partial charge in [0.15, 0.2) is 0 Å². The first kappa shape index (κ1) is 16.4. The summed E-state index contributed by atoms with van der Waals surface area (Å²) in [4.78, 5) is 0. The van der Waals surface area contributed by atoms with Gasteiger partial charge in [-0.1, -0.05) is 30.9 Å². The van der Waals surface area contributed by atoms with Crippen LogP contribution in [0.4, 0.5) is 18.9 Å². The van der Waals surface area contributed by atoms with Crippen molar-refractivity contribution in [2.24, 2.45) is 5.41 Å². The summed E-state index contributed by atoms with van der Waals surface area (Å²) in [7, 11) is 0. The van der Waals surface area contributed by atoms with Gasteiger partial charge in [0.25, 0.3) is 0 Å². The Bertz CT molecular complexity index is 484. The summed E-state index contributed by atoms with van der Waals surface area (Å²) in [5.74, 6) is 0. The highest BCUT2D eigenvalue weighted by Crippen LogP contribution is 2.37. The van der Waals surface area contributed by atoms with Crippen LogP contribution in [0.1, 0.15) is 37.7 Å². The molecule has 2 rings (SSSR count). The van der Waals surface area contributed by atoms with Crippen molar-refractivity contribution in [2.45, 2.75) is 38.3 Å². The summed E-state index contributed by atoms with van der Waals surface area (Å²) in [6.45, 7) is 0.508. The Morgan fingerprint density at radius 2 is 1.81 bits per heavy atom. The van der Waals surface area contributed by atoms with Crippen LogP contribution in [0, 0.1) is 5.41 Å². The van der Waals surface area contributed by atoms with Gasteiger partial charge in [-0.15, -0.1) is 0 Å². The molecule has 6 heteroatoms. The Labute approximate surface area is 127 Å². The third kappa shape index (κ3) is 4.27. The molecule has 1 aliphatic carbocycles. The minimum Gasteiger partial charge on any atom is -0.396 e. The zero-order chi connectivity index (χ0) is 15.5. The summed E-state index contributed by atoms with van der Waals surface area (Å²) in [6.07, 6.45) is 0.613. The second kappa shape index (κ2) is 6.44. The summed E-state index contributed by atoms with van der Waals surface area (Å²) >= 11 is 5.76. The maximum atomic E-state index is 12.8. The molecule has 0 atom stereocenters. The fourth-order valence-corrected chi connectivity index (χ4v) is 3.07. The number of halogens is 4. The van der Waals surface area contributed by atoms with Crippen LogP contribution < -0.4 is 5.32 Å². The molecule has 1 saturated carbocycles. The van der Waals surface area contributed by atoms with Crippen molar-refractivity contribution in [3.63, 3.8) is 0 Å². The summed E-state index contributed by atoms with van der Waals surface area (Å²) in [5.41, 5.74) is -0.661. The Hall–Kier alpha value is -0.940. The molecular formula is C15H19ClF3NO. The molecule has 1 aliphatic rings. The molecule has 118 valence electrons. The quantitative estimate of drug-likeness (QED) is 0.841. The second-order valence-corrected chi connectivity index (χ2v) is 6.24. The van der Waals surface area contributed by atoms with Crippen LogP contribution in [0.15, 0.2) is 18.2 Å². The normalized spacial score (nSPS) is 18.5. The molecule has 0 aromatic heterocycles. The molecule has 2 nitrogen and oxygen atoms in total. The average molecular weight is 322 g/mol. The lowest BCUT2D eigenvalue weighted by Gasteiger charge is -2.36. The molecule has 0 spiro atoms. The maximum absolute atomic E-state index is 12.8. The van der Waals surface area contributed by atoms with E-state index in [0.717, 1.165) is 44.2 Å². The van der Waals surface area contributed by atoms with Crippen molar-refractivity contribution in [1.82, 2.24) is 0 Å². The Morgan fingerprint density at radius 3 is 2.38 bits per heavy atom. The van der Waals surface area contributed by atoms with E-state index in [1.165, 1.54) is 6.07 Å². The van der Waals surface area contributed by atoms with Crippen molar-refractivity contribution >= 4 is 17.3 Å². The molecular weight excluding hydrogens is 303 g/mol. The SMILES string of the molecule is OCC1(CNc2cc(Cl)cc(C(F)(F)F)c2)CCCCC1. The molecule has 0 heterocycles. The van der Waals surface area contributed by atoms with E-state index in [9.17, 15) is 18.3 Å². The van der Waals surface area contributed by atoms with Crippen molar-refractivity contribution in [3.05, 3.63) is 28.8 Å². The number of rotatable bonds is 4. The first-order chi connectivity index (χ1) is 9.85. The monoisotopic (exact) mass is 321 g/mol. The number of hydrogen-bond acceptors (Lipinski definition) is 2. The van der Waals surface area contributed by atoms with Gasteiger partial charge < -0.3 is 10.4 Å². The van der Waals surface area contributed by atoms with Gasteiger partial charge in [0.05, 0.1) is 12.2 Å². The van der Waals surface area contributed by atoms with Crippen LogP contribution in [-0.4, -0.2) is 18.3 Å². The van der Waals surface area contributed by atoms with Gasteiger partial charge in [0, 0.05) is 22.7 Å². The second-order valence-electron chi connectivity index (χ2n) is 5.80. The van der Waals surface area contributed by atoms with Crippen LogP contribution in [-0.2, 0) is 6.18 Å². The zero-order valence-electron chi connectivity index (χ0n) is 11.6. The van der Waals surface area contributed by atoms with Gasteiger partial charge in [0.1, 0.15) is 0 Å². The third-order valence-electron chi connectivity index (χ3n) is 4.14. The first-order valence-corrected chi connectivity index (χ1v) is 7.45. The van der Waals surface area contributed by atoms with Crippen LogP contribution in [0.3, 0.4) is 0 Å². The summed E-state index contributed by atoms with van der Waals surface area (Å²) < 4.78 is 38.3. The van der Waals surface area contributed by atoms with E-state index in [0.29, 0.717) is 12.2 Å². The lowest BCUT2D eigenvalue weighted by molar-refractivity contribution is -0.137. The summed E-state index contributed by atoms with van der Waals surface area (Å²) in [5, 5.41) is 12.7. The number of benzene rings is 1. The van der Waals surface area contributed by atoms with Crippen molar-refractivity contribution < 1.29 is 18.3 Å². The summed E-state index contributed by atoms with van der Waals surface area (Å²) in [6, 6.07) is 3.44. The lowest BCUT2D eigenvalue weighted by atomic mass is 9.74. The van der Waals surface area contributed by atoms with Gasteiger partial charge in [-0.2, -0.15) is 13.2 Å². The minimum atomic E-state index is -4.42. The number of aliphatic hydroxyl groups excluding tert-OH is 1. The molecule has 2 N–H and O–H groups in total. The van der Waals surface area contributed by atoms with Gasteiger partial charge in [-0.3, -0.25) is 0 Å². The predicted octanol–water partition coefficient (Wildman–Crippen LogP) is 4.71. The third-order valence-corrected chi connectivity index (χ3v) is 4.36. The van der Waals surface area contributed by atoms with Gasteiger partial charge in [-0.25, -0.2) is 0 Å². The highest BCUT2D eigenvalue weighted by atomic mass is 35.5. The Kier molecular flexibility index (Phi) is 5.04. The van der Waals surface area contributed by atoms with Crippen molar-refractivity contribution in [2.75, 3.05) is 18.5 Å². The van der Waals surface area contributed by atoms with E-state index in [-0.39, 0.29) is 17.0 Å². The van der Waals surface area contributed by atoms with Crippen LogP contribution in [0.25, 0.3) is 0 Å². The van der Waals surface area contributed by atoms with E-state index in [1.807, 2.05) is 0 Å². The Morgan fingerprint density at radius 1 is 1.14 bits per heavy atom. The highest BCUT2D eigenvalue weighted by molar-refractivity contribution is 6.30. The molecule has 1 aromatic rings. The maximum Gasteiger partial charge on any atom is 0.416 e. The topological polar surface area (TPSA) is 32.3 Å². The highest BCUT2D eigenvalue weighted by Gasteiger charge is 2.33. The molecule has 0 amide bonds. The van der Waals surface area contributed by atoms with Gasteiger partial charge in [0.2, 0.25) is 0 Å². The van der Waals surface area contributed by atoms with Gasteiger partial charge >= 0.3 is 6.18 Å².